The summed E-state index contributed by atoms with van der Waals surface area (Å²) in [5.41, 5.74) is -0.282. The third kappa shape index (κ3) is 3.67. The highest BCUT2D eigenvalue weighted by Gasteiger charge is 2.35. The van der Waals surface area contributed by atoms with Gasteiger partial charge >= 0.3 is 6.18 Å². The summed E-state index contributed by atoms with van der Waals surface area (Å²) >= 11 is 1.00. The molecule has 9 heteroatoms. The highest BCUT2D eigenvalue weighted by atomic mass is 32.1. The zero-order valence-corrected chi connectivity index (χ0v) is 13.7. The molecule has 2 aromatic heterocycles. The van der Waals surface area contributed by atoms with E-state index in [0.29, 0.717) is 36.9 Å². The second-order valence-electron chi connectivity index (χ2n) is 5.75. The lowest BCUT2D eigenvalue weighted by Crippen LogP contribution is -2.51. The number of rotatable bonds is 3. The molecule has 1 aliphatic rings. The lowest BCUT2D eigenvalue weighted by Gasteiger charge is -2.39. The van der Waals surface area contributed by atoms with Crippen molar-refractivity contribution >= 4 is 16.5 Å². The molecule has 24 heavy (non-hydrogen) atoms. The number of aromatic nitrogens is 2. The topological polar surface area (TPSA) is 32.3 Å². The van der Waals surface area contributed by atoms with Gasteiger partial charge < -0.3 is 4.90 Å². The van der Waals surface area contributed by atoms with E-state index < -0.39 is 11.9 Å². The van der Waals surface area contributed by atoms with Crippen LogP contribution in [0.2, 0.25) is 0 Å². The first-order valence-electron chi connectivity index (χ1n) is 7.44. The number of nitrogens with zero attached hydrogens (tertiary/aromatic N) is 4. The summed E-state index contributed by atoms with van der Waals surface area (Å²) in [4.78, 5) is 11.4. The normalized spacial score (nSPS) is 19.7. The summed E-state index contributed by atoms with van der Waals surface area (Å²) in [6.45, 7) is 4.17. The van der Waals surface area contributed by atoms with Gasteiger partial charge in [0.1, 0.15) is 5.82 Å². The molecule has 130 valence electrons. The van der Waals surface area contributed by atoms with Crippen molar-refractivity contribution in [2.24, 2.45) is 0 Å². The molecule has 0 aromatic carbocycles. The second-order valence-corrected chi connectivity index (χ2v) is 6.58. The van der Waals surface area contributed by atoms with Crippen molar-refractivity contribution in [1.29, 1.82) is 0 Å². The maximum atomic E-state index is 13.7. The molecule has 4 nitrogen and oxygen atoms in total. The molecule has 0 radical (unpaired) electrons. The van der Waals surface area contributed by atoms with E-state index >= 15 is 0 Å². The van der Waals surface area contributed by atoms with Crippen LogP contribution < -0.4 is 4.90 Å². The van der Waals surface area contributed by atoms with E-state index in [0.717, 1.165) is 16.7 Å². The second kappa shape index (κ2) is 6.64. The Bertz CT molecular complexity index is 703. The van der Waals surface area contributed by atoms with Crippen molar-refractivity contribution < 1.29 is 17.6 Å². The predicted molar refractivity (Wildman–Crippen MR) is 83.4 cm³/mol. The average molecular weight is 360 g/mol. The van der Waals surface area contributed by atoms with Crippen LogP contribution in [0.5, 0.6) is 0 Å². The molecular weight excluding hydrogens is 344 g/mol. The largest absolute Gasteiger partial charge is 0.434 e. The van der Waals surface area contributed by atoms with Gasteiger partial charge in [-0.3, -0.25) is 9.88 Å². The minimum atomic E-state index is -4.42. The van der Waals surface area contributed by atoms with Crippen LogP contribution in [0.1, 0.15) is 18.2 Å². The van der Waals surface area contributed by atoms with Gasteiger partial charge in [0.2, 0.25) is 0 Å². The monoisotopic (exact) mass is 360 g/mol. The van der Waals surface area contributed by atoms with Gasteiger partial charge in [-0.1, -0.05) is 0 Å². The van der Waals surface area contributed by atoms with Crippen molar-refractivity contribution in [2.75, 3.05) is 24.5 Å². The summed E-state index contributed by atoms with van der Waals surface area (Å²) in [5.74, 6) is -0.345. The van der Waals surface area contributed by atoms with Crippen LogP contribution in [0.4, 0.5) is 22.7 Å². The van der Waals surface area contributed by atoms with E-state index in [1.807, 2.05) is 11.8 Å². The maximum Gasteiger partial charge on any atom is 0.434 e. The summed E-state index contributed by atoms with van der Waals surface area (Å²) in [6.07, 6.45) is -1.68. The van der Waals surface area contributed by atoms with Crippen LogP contribution in [0.3, 0.4) is 0 Å². The number of hydrogen-bond acceptors (Lipinski definition) is 5. The molecule has 0 N–H and O–H groups in total. The molecule has 0 bridgehead atoms. The smallest absolute Gasteiger partial charge is 0.345 e. The minimum absolute atomic E-state index is 0.0737. The van der Waals surface area contributed by atoms with Crippen LogP contribution in [0.25, 0.3) is 0 Å². The summed E-state index contributed by atoms with van der Waals surface area (Å²) in [5, 5.41) is 1.42. The van der Waals surface area contributed by atoms with E-state index in [1.54, 1.807) is 12.3 Å². The molecule has 1 unspecified atom stereocenters. The van der Waals surface area contributed by atoms with Gasteiger partial charge in [0.25, 0.3) is 0 Å². The van der Waals surface area contributed by atoms with Gasteiger partial charge in [-0.2, -0.15) is 13.2 Å². The Labute approximate surface area is 140 Å². The third-order valence-electron chi connectivity index (χ3n) is 4.05. The van der Waals surface area contributed by atoms with E-state index in [-0.39, 0.29) is 11.9 Å². The summed E-state index contributed by atoms with van der Waals surface area (Å²) in [6, 6.07) is 1.72. The molecular formula is C15H16F4N4S. The van der Waals surface area contributed by atoms with Crippen LogP contribution in [-0.4, -0.2) is 40.5 Å². The van der Waals surface area contributed by atoms with Gasteiger partial charge in [0.05, 0.1) is 6.20 Å². The molecule has 1 fully saturated rings. The Kier molecular flexibility index (Phi) is 4.73. The Hall–Kier alpha value is -1.74. The first kappa shape index (κ1) is 17.1. The number of hydrogen-bond donors (Lipinski definition) is 0. The lowest BCUT2D eigenvalue weighted by molar-refractivity contribution is -0.140. The minimum Gasteiger partial charge on any atom is -0.345 e. The van der Waals surface area contributed by atoms with Crippen LogP contribution in [-0.2, 0) is 12.7 Å². The number of piperazine rings is 1. The zero-order chi connectivity index (χ0) is 17.3. The standard InChI is InChI=1S/C15H16F4N4S/c1-10-7-23(14-21-13(9-24-14)15(17,18)19)5-4-22(10)8-11-2-3-20-6-12(11)16/h2-3,6,9-10H,4-5,7-8H2,1H3. The van der Waals surface area contributed by atoms with Crippen LogP contribution in [0, 0.1) is 5.82 Å². The Morgan fingerprint density at radius 1 is 1.33 bits per heavy atom. The Morgan fingerprint density at radius 2 is 2.12 bits per heavy atom. The van der Waals surface area contributed by atoms with E-state index in [1.165, 1.54) is 6.20 Å². The van der Waals surface area contributed by atoms with Crippen molar-refractivity contribution in [3.8, 4) is 0 Å². The van der Waals surface area contributed by atoms with Crippen molar-refractivity contribution in [2.45, 2.75) is 25.7 Å². The SMILES string of the molecule is CC1CN(c2nc(C(F)(F)F)cs2)CCN1Cc1ccncc1F. The van der Waals surface area contributed by atoms with Crippen LogP contribution >= 0.6 is 11.3 Å². The molecule has 1 aliphatic heterocycles. The van der Waals surface area contributed by atoms with Crippen LogP contribution in [0.15, 0.2) is 23.8 Å². The van der Waals surface area contributed by atoms with Gasteiger partial charge in [0, 0.05) is 49.4 Å². The maximum absolute atomic E-state index is 13.7. The lowest BCUT2D eigenvalue weighted by atomic mass is 10.1. The quantitative estimate of drug-likeness (QED) is 0.786. The van der Waals surface area contributed by atoms with E-state index in [9.17, 15) is 17.6 Å². The van der Waals surface area contributed by atoms with Gasteiger partial charge in [-0.15, -0.1) is 11.3 Å². The first-order chi connectivity index (χ1) is 11.3. The van der Waals surface area contributed by atoms with E-state index in [2.05, 4.69) is 14.9 Å². The summed E-state index contributed by atoms with van der Waals surface area (Å²) < 4.78 is 51.7. The molecule has 1 saturated heterocycles. The molecule has 2 aromatic rings. The molecule has 0 aliphatic carbocycles. The molecule has 1 atom stereocenters. The van der Waals surface area contributed by atoms with Crippen molar-refractivity contribution in [3.63, 3.8) is 0 Å². The van der Waals surface area contributed by atoms with Gasteiger partial charge in [-0.05, 0) is 13.0 Å². The fourth-order valence-corrected chi connectivity index (χ4v) is 3.56. The number of halogens is 4. The third-order valence-corrected chi connectivity index (χ3v) is 4.95. The molecule has 0 spiro atoms. The summed E-state index contributed by atoms with van der Waals surface area (Å²) in [7, 11) is 0. The predicted octanol–water partition coefficient (Wildman–Crippen LogP) is 3.41. The highest BCUT2D eigenvalue weighted by Crippen LogP contribution is 2.33. The number of alkyl halides is 3. The van der Waals surface area contributed by atoms with Gasteiger partial charge in [0.15, 0.2) is 10.8 Å². The Balaban J connectivity index is 1.65. The fourth-order valence-electron chi connectivity index (χ4n) is 2.69. The zero-order valence-electron chi connectivity index (χ0n) is 12.9. The highest BCUT2D eigenvalue weighted by molar-refractivity contribution is 7.13. The van der Waals surface area contributed by atoms with Crippen molar-refractivity contribution in [1.82, 2.24) is 14.9 Å². The van der Waals surface area contributed by atoms with E-state index in [4.69, 9.17) is 0 Å². The number of pyridine rings is 1. The van der Waals surface area contributed by atoms with Gasteiger partial charge in [-0.25, -0.2) is 9.37 Å². The first-order valence-corrected chi connectivity index (χ1v) is 8.32. The number of thiazole rings is 1. The fraction of sp³-hybridized carbons (Fsp3) is 0.467. The molecule has 3 rings (SSSR count). The number of anilines is 1. The van der Waals surface area contributed by atoms with Crippen molar-refractivity contribution in [3.05, 3.63) is 40.9 Å². The molecule has 0 amide bonds. The molecule has 0 saturated carbocycles. The Morgan fingerprint density at radius 3 is 2.75 bits per heavy atom. The average Bonchev–Trinajstić information content (AvgIpc) is 3.01. The molecule has 3 heterocycles.